The molecule has 4 nitrogen and oxygen atoms in total. The molecule has 1 aromatic carbocycles. The zero-order valence-corrected chi connectivity index (χ0v) is 9.01. The highest BCUT2D eigenvalue weighted by Crippen LogP contribution is 2.11. The summed E-state index contributed by atoms with van der Waals surface area (Å²) in [5, 5.41) is 8.88. The number of ether oxygens (including phenoxy) is 1. The lowest BCUT2D eigenvalue weighted by Crippen LogP contribution is -2.16. The molecule has 1 N–H and O–H groups in total. The molecule has 0 aliphatic rings. The fraction of sp³-hybridized carbons (Fsp3) is 0.0769. The van der Waals surface area contributed by atoms with E-state index >= 15 is 0 Å². The Morgan fingerprint density at radius 1 is 1.24 bits per heavy atom. The number of nitrogens with one attached hydrogen (secondary N) is 1. The third-order valence-corrected chi connectivity index (χ3v) is 2.31. The predicted octanol–water partition coefficient (Wildman–Crippen LogP) is 1.83. The lowest BCUT2D eigenvalue weighted by atomic mass is 10.1. The maximum Gasteiger partial charge on any atom is 0.255 e. The SMILES string of the molecule is N#Cc1cc[nH]c(=O)c1COc1ccccc1. The molecule has 1 aromatic heterocycles. The second-order valence-electron chi connectivity index (χ2n) is 3.41. The van der Waals surface area contributed by atoms with Crippen LogP contribution in [0.4, 0.5) is 0 Å². The van der Waals surface area contributed by atoms with Crippen LogP contribution in [0.3, 0.4) is 0 Å². The lowest BCUT2D eigenvalue weighted by Gasteiger charge is -2.06. The van der Waals surface area contributed by atoms with Crippen molar-refractivity contribution in [3.63, 3.8) is 0 Å². The van der Waals surface area contributed by atoms with E-state index < -0.39 is 0 Å². The number of para-hydroxylation sites is 1. The number of aromatic nitrogens is 1. The second kappa shape index (κ2) is 4.99. The third-order valence-electron chi connectivity index (χ3n) is 2.31. The number of aromatic amines is 1. The van der Waals surface area contributed by atoms with Crippen molar-refractivity contribution in [3.8, 4) is 11.8 Å². The van der Waals surface area contributed by atoms with Crippen LogP contribution in [-0.4, -0.2) is 4.98 Å². The molecule has 0 aliphatic carbocycles. The minimum Gasteiger partial charge on any atom is -0.489 e. The van der Waals surface area contributed by atoms with Crippen LogP contribution >= 0.6 is 0 Å². The summed E-state index contributed by atoms with van der Waals surface area (Å²) in [6.07, 6.45) is 1.45. The van der Waals surface area contributed by atoms with Gasteiger partial charge in [0.15, 0.2) is 0 Å². The van der Waals surface area contributed by atoms with Crippen molar-refractivity contribution in [2.75, 3.05) is 0 Å². The molecule has 0 amide bonds. The number of benzene rings is 1. The monoisotopic (exact) mass is 226 g/mol. The molecule has 4 heteroatoms. The van der Waals surface area contributed by atoms with E-state index in [0.29, 0.717) is 16.9 Å². The molecular weight excluding hydrogens is 216 g/mol. The topological polar surface area (TPSA) is 65.9 Å². The van der Waals surface area contributed by atoms with Gasteiger partial charge >= 0.3 is 0 Å². The van der Waals surface area contributed by atoms with Crippen LogP contribution in [0.1, 0.15) is 11.1 Å². The first-order chi connectivity index (χ1) is 8.31. The summed E-state index contributed by atoms with van der Waals surface area (Å²) in [7, 11) is 0. The highest BCUT2D eigenvalue weighted by molar-refractivity contribution is 5.35. The van der Waals surface area contributed by atoms with Gasteiger partial charge in [0, 0.05) is 6.20 Å². The minimum atomic E-state index is -0.292. The number of pyridine rings is 1. The summed E-state index contributed by atoms with van der Waals surface area (Å²) >= 11 is 0. The molecule has 2 rings (SSSR count). The average Bonchev–Trinajstić information content (AvgIpc) is 2.38. The van der Waals surface area contributed by atoms with E-state index in [4.69, 9.17) is 10.00 Å². The first kappa shape index (κ1) is 11.0. The van der Waals surface area contributed by atoms with Crippen molar-refractivity contribution in [1.29, 1.82) is 5.26 Å². The van der Waals surface area contributed by atoms with Gasteiger partial charge in [0.1, 0.15) is 12.4 Å². The number of rotatable bonds is 3. The maximum atomic E-state index is 11.5. The summed E-state index contributed by atoms with van der Waals surface area (Å²) in [4.78, 5) is 14.1. The molecule has 0 fully saturated rings. The van der Waals surface area contributed by atoms with Crippen LogP contribution in [0, 0.1) is 11.3 Å². The summed E-state index contributed by atoms with van der Waals surface area (Å²) in [6, 6.07) is 12.7. The van der Waals surface area contributed by atoms with E-state index in [1.165, 1.54) is 6.20 Å². The Bertz CT molecular complexity index is 597. The van der Waals surface area contributed by atoms with Crippen molar-refractivity contribution < 1.29 is 4.74 Å². The molecule has 2 aromatic rings. The summed E-state index contributed by atoms with van der Waals surface area (Å²) in [5.74, 6) is 0.666. The number of nitriles is 1. The standard InChI is InChI=1S/C13H10N2O2/c14-8-10-6-7-15-13(16)12(10)9-17-11-4-2-1-3-5-11/h1-7H,9H2,(H,15,16). The van der Waals surface area contributed by atoms with Crippen LogP contribution < -0.4 is 10.3 Å². The quantitative estimate of drug-likeness (QED) is 0.868. The Morgan fingerprint density at radius 2 is 2.00 bits per heavy atom. The molecule has 0 atom stereocenters. The van der Waals surface area contributed by atoms with E-state index in [9.17, 15) is 4.79 Å². The molecule has 17 heavy (non-hydrogen) atoms. The van der Waals surface area contributed by atoms with Crippen molar-refractivity contribution >= 4 is 0 Å². The maximum absolute atomic E-state index is 11.5. The normalized spacial score (nSPS) is 9.59. The molecule has 0 saturated heterocycles. The largest absolute Gasteiger partial charge is 0.489 e. The Hall–Kier alpha value is -2.54. The second-order valence-corrected chi connectivity index (χ2v) is 3.41. The molecular formula is C13H10N2O2. The third kappa shape index (κ3) is 2.52. The molecule has 1 heterocycles. The zero-order chi connectivity index (χ0) is 12.1. The first-order valence-electron chi connectivity index (χ1n) is 5.10. The van der Waals surface area contributed by atoms with Crippen LogP contribution in [0.2, 0.25) is 0 Å². The number of hydrogen-bond donors (Lipinski definition) is 1. The van der Waals surface area contributed by atoms with Gasteiger partial charge < -0.3 is 9.72 Å². The van der Waals surface area contributed by atoms with Gasteiger partial charge in [-0.1, -0.05) is 18.2 Å². The molecule has 0 aliphatic heterocycles. The minimum absolute atomic E-state index is 0.0864. The summed E-state index contributed by atoms with van der Waals surface area (Å²) in [6.45, 7) is 0.0864. The predicted molar refractivity (Wildman–Crippen MR) is 62.6 cm³/mol. The zero-order valence-electron chi connectivity index (χ0n) is 9.01. The molecule has 84 valence electrons. The fourth-order valence-corrected chi connectivity index (χ4v) is 1.43. The molecule has 0 spiro atoms. The number of hydrogen-bond acceptors (Lipinski definition) is 3. The number of nitrogens with zero attached hydrogens (tertiary/aromatic N) is 1. The van der Waals surface area contributed by atoms with Crippen LogP contribution in [0.15, 0.2) is 47.4 Å². The van der Waals surface area contributed by atoms with Gasteiger partial charge in [-0.05, 0) is 18.2 Å². The highest BCUT2D eigenvalue weighted by atomic mass is 16.5. The van der Waals surface area contributed by atoms with Gasteiger partial charge in [0.05, 0.1) is 17.2 Å². The average molecular weight is 226 g/mol. The Balaban J connectivity index is 2.21. The molecule has 0 saturated carbocycles. The van der Waals surface area contributed by atoms with Gasteiger partial charge in [-0.2, -0.15) is 5.26 Å². The van der Waals surface area contributed by atoms with Crippen molar-refractivity contribution in [1.82, 2.24) is 4.98 Å². The van der Waals surface area contributed by atoms with Crippen molar-refractivity contribution in [3.05, 3.63) is 64.1 Å². The lowest BCUT2D eigenvalue weighted by molar-refractivity contribution is 0.304. The first-order valence-corrected chi connectivity index (χ1v) is 5.10. The Kier molecular flexibility index (Phi) is 3.22. The Morgan fingerprint density at radius 3 is 2.71 bits per heavy atom. The van der Waals surface area contributed by atoms with E-state index in [-0.39, 0.29) is 12.2 Å². The summed E-state index contributed by atoms with van der Waals surface area (Å²) in [5.41, 5.74) is 0.392. The molecule has 0 unspecified atom stereocenters. The van der Waals surface area contributed by atoms with Crippen molar-refractivity contribution in [2.24, 2.45) is 0 Å². The van der Waals surface area contributed by atoms with Gasteiger partial charge in [-0.25, -0.2) is 0 Å². The van der Waals surface area contributed by atoms with Crippen LogP contribution in [0.25, 0.3) is 0 Å². The van der Waals surface area contributed by atoms with Gasteiger partial charge in [-0.3, -0.25) is 4.79 Å². The Labute approximate surface area is 98.1 Å². The number of H-pyrrole nitrogens is 1. The smallest absolute Gasteiger partial charge is 0.255 e. The van der Waals surface area contributed by atoms with Crippen LogP contribution in [0.5, 0.6) is 5.75 Å². The van der Waals surface area contributed by atoms with E-state index in [0.717, 1.165) is 0 Å². The fourth-order valence-electron chi connectivity index (χ4n) is 1.43. The van der Waals surface area contributed by atoms with Gasteiger partial charge in [-0.15, -0.1) is 0 Å². The summed E-state index contributed by atoms with van der Waals surface area (Å²) < 4.78 is 5.44. The van der Waals surface area contributed by atoms with Crippen molar-refractivity contribution in [2.45, 2.75) is 6.61 Å². The highest BCUT2D eigenvalue weighted by Gasteiger charge is 2.07. The van der Waals surface area contributed by atoms with E-state index in [1.54, 1.807) is 18.2 Å². The molecule has 0 radical (unpaired) electrons. The van der Waals surface area contributed by atoms with E-state index in [1.807, 2.05) is 24.3 Å². The van der Waals surface area contributed by atoms with Gasteiger partial charge in [0.2, 0.25) is 0 Å². The molecule has 0 bridgehead atoms. The van der Waals surface area contributed by atoms with E-state index in [2.05, 4.69) is 4.98 Å². The van der Waals surface area contributed by atoms with Gasteiger partial charge in [0.25, 0.3) is 5.56 Å². The van der Waals surface area contributed by atoms with Crippen LogP contribution in [-0.2, 0) is 6.61 Å².